The molecule has 0 fully saturated rings. The van der Waals surface area contributed by atoms with Gasteiger partial charge in [-0.25, -0.2) is 0 Å². The molecule has 0 heterocycles. The summed E-state index contributed by atoms with van der Waals surface area (Å²) in [5, 5.41) is 0. The van der Waals surface area contributed by atoms with Gasteiger partial charge in [0, 0.05) is 0 Å². The van der Waals surface area contributed by atoms with E-state index in [2.05, 4.69) is 29.6 Å². The average molecular weight is 202 g/mol. The summed E-state index contributed by atoms with van der Waals surface area (Å²) in [6.45, 7) is 2.48. The Morgan fingerprint density at radius 2 is 2.00 bits per heavy atom. The third-order valence-corrected chi connectivity index (χ3v) is 0.515. The minimum absolute atomic E-state index is 0. The van der Waals surface area contributed by atoms with Gasteiger partial charge in [-0.1, -0.05) is 12.6 Å². The molecule has 0 aromatic carbocycles. The molecule has 0 unspecified atom stereocenters. The predicted octanol–water partition coefficient (Wildman–Crippen LogP) is -0.0594. The van der Waals surface area contributed by atoms with Gasteiger partial charge < -0.3 is 4.74 Å². The maximum atomic E-state index is 4.64. The van der Waals surface area contributed by atoms with E-state index in [4.69, 9.17) is 0 Å². The SMILES string of the molecule is CCOC(=S)S.[KH].[KH]. The number of thiol groups is 1. The molecule has 0 rings (SSSR count). The van der Waals surface area contributed by atoms with Crippen molar-refractivity contribution in [1.82, 2.24) is 0 Å². The van der Waals surface area contributed by atoms with Crippen LogP contribution in [0.3, 0.4) is 0 Å². The van der Waals surface area contributed by atoms with Crippen molar-refractivity contribution in [3.05, 3.63) is 0 Å². The van der Waals surface area contributed by atoms with E-state index in [0.29, 0.717) is 11.0 Å². The third kappa shape index (κ3) is 16.3. The number of rotatable bonds is 1. The summed E-state index contributed by atoms with van der Waals surface area (Å²) in [5.41, 5.74) is 0. The fourth-order valence-electron chi connectivity index (χ4n) is 0.123. The van der Waals surface area contributed by atoms with Gasteiger partial charge in [-0.05, 0) is 19.1 Å². The monoisotopic (exact) mass is 202 g/mol. The van der Waals surface area contributed by atoms with E-state index in [1.54, 1.807) is 0 Å². The molecule has 0 aromatic heterocycles. The van der Waals surface area contributed by atoms with Gasteiger partial charge in [0.2, 0.25) is 4.38 Å². The Balaban J connectivity index is -0.000000125. The molecule has 0 atom stereocenters. The standard InChI is InChI=1S/C3H6OS2.2K.2H/c1-2-4-3(5)6;;;;/h2H2,1H3,(H,5,6);;;;. The quantitative estimate of drug-likeness (QED) is 0.362. The van der Waals surface area contributed by atoms with Gasteiger partial charge >= 0.3 is 103 Å². The molecule has 8 heavy (non-hydrogen) atoms. The van der Waals surface area contributed by atoms with Crippen LogP contribution in [0.4, 0.5) is 0 Å². The van der Waals surface area contributed by atoms with Crippen molar-refractivity contribution in [3.63, 3.8) is 0 Å². The molecule has 0 saturated carbocycles. The van der Waals surface area contributed by atoms with Crippen molar-refractivity contribution in [3.8, 4) is 0 Å². The second-order valence-corrected chi connectivity index (χ2v) is 1.78. The number of hydrogen-bond donors (Lipinski definition) is 1. The topological polar surface area (TPSA) is 9.23 Å². The summed E-state index contributed by atoms with van der Waals surface area (Å²) in [6, 6.07) is 0. The van der Waals surface area contributed by atoms with Gasteiger partial charge in [0.1, 0.15) is 0 Å². The summed E-state index contributed by atoms with van der Waals surface area (Å²) in [6.07, 6.45) is 0. The van der Waals surface area contributed by atoms with Crippen molar-refractivity contribution >= 4 is 132 Å². The van der Waals surface area contributed by atoms with E-state index in [0.717, 1.165) is 0 Å². The Labute approximate surface area is 146 Å². The van der Waals surface area contributed by atoms with E-state index in [-0.39, 0.29) is 103 Å². The zero-order valence-corrected chi connectivity index (χ0v) is 5.18. The molecule has 0 aliphatic rings. The molecule has 0 aliphatic carbocycles. The molecule has 0 amide bonds. The van der Waals surface area contributed by atoms with Crippen LogP contribution in [-0.2, 0) is 4.74 Å². The molecule has 0 bridgehead atoms. The summed E-state index contributed by atoms with van der Waals surface area (Å²) in [7, 11) is 0. The fourth-order valence-corrected chi connectivity index (χ4v) is 0.370. The first-order valence-electron chi connectivity index (χ1n) is 1.63. The Morgan fingerprint density at radius 1 is 1.62 bits per heavy atom. The van der Waals surface area contributed by atoms with Crippen LogP contribution in [0.2, 0.25) is 0 Å². The number of hydrogen-bond acceptors (Lipinski definition) is 2. The Bertz CT molecular complexity index is 59.2. The fraction of sp³-hybridized carbons (Fsp3) is 0.667. The molecule has 0 aromatic rings. The van der Waals surface area contributed by atoms with E-state index < -0.39 is 0 Å². The maximum absolute atomic E-state index is 4.64. The molecule has 0 N–H and O–H groups in total. The third-order valence-electron chi connectivity index (χ3n) is 0.268. The van der Waals surface area contributed by atoms with Gasteiger partial charge in [-0.3, -0.25) is 0 Å². The molecule has 5 heteroatoms. The van der Waals surface area contributed by atoms with E-state index in [1.807, 2.05) is 6.92 Å². The zero-order valence-electron chi connectivity index (χ0n) is 3.47. The normalized spacial score (nSPS) is 5.75. The molecule has 0 aliphatic heterocycles. The first kappa shape index (κ1) is 17.6. The Kier molecular flexibility index (Phi) is 28.8. The second-order valence-electron chi connectivity index (χ2n) is 0.699. The predicted molar refractivity (Wildman–Crippen MR) is 47.5 cm³/mol. The van der Waals surface area contributed by atoms with Gasteiger partial charge in [-0.2, -0.15) is 0 Å². The van der Waals surface area contributed by atoms with E-state index in [9.17, 15) is 0 Å². The van der Waals surface area contributed by atoms with Crippen LogP contribution in [0.25, 0.3) is 0 Å². The molecule has 0 spiro atoms. The van der Waals surface area contributed by atoms with Crippen molar-refractivity contribution in [2.24, 2.45) is 0 Å². The van der Waals surface area contributed by atoms with Crippen molar-refractivity contribution in [2.75, 3.05) is 6.61 Å². The van der Waals surface area contributed by atoms with E-state index >= 15 is 0 Å². The summed E-state index contributed by atoms with van der Waals surface area (Å²) in [4.78, 5) is 0. The van der Waals surface area contributed by atoms with Crippen LogP contribution in [0, 0.1) is 0 Å². The second kappa shape index (κ2) is 13.1. The summed E-state index contributed by atoms with van der Waals surface area (Å²) < 4.78 is 4.95. The minimum atomic E-state index is 0. The summed E-state index contributed by atoms with van der Waals surface area (Å²) in [5.74, 6) is 0. The Hall–Kier alpha value is 3.51. The molecule has 1 nitrogen and oxygen atoms in total. The van der Waals surface area contributed by atoms with Crippen LogP contribution in [0.15, 0.2) is 0 Å². The van der Waals surface area contributed by atoms with Crippen LogP contribution in [0.5, 0.6) is 0 Å². The van der Waals surface area contributed by atoms with Gasteiger partial charge in [0.05, 0.1) is 6.61 Å². The first-order valence-corrected chi connectivity index (χ1v) is 2.48. The van der Waals surface area contributed by atoms with Crippen molar-refractivity contribution in [1.29, 1.82) is 0 Å². The van der Waals surface area contributed by atoms with E-state index in [1.165, 1.54) is 0 Å². The molecule has 0 radical (unpaired) electrons. The average Bonchev–Trinajstić information content (AvgIpc) is 1.35. The van der Waals surface area contributed by atoms with Crippen molar-refractivity contribution < 1.29 is 4.74 Å². The van der Waals surface area contributed by atoms with Crippen molar-refractivity contribution in [2.45, 2.75) is 6.92 Å². The van der Waals surface area contributed by atoms with Crippen LogP contribution in [-0.4, -0.2) is 114 Å². The molecular formula is C3H8K2OS2. The van der Waals surface area contributed by atoms with Gasteiger partial charge in [0.25, 0.3) is 0 Å². The van der Waals surface area contributed by atoms with Crippen LogP contribution >= 0.6 is 24.8 Å². The number of ether oxygens (including phenoxy) is 1. The summed E-state index contributed by atoms with van der Waals surface area (Å²) >= 11 is 8.12. The van der Waals surface area contributed by atoms with Gasteiger partial charge in [0.15, 0.2) is 0 Å². The molecule has 0 saturated heterocycles. The molecular weight excluding hydrogens is 194 g/mol. The number of thiocarbonyl (C=S) groups is 1. The van der Waals surface area contributed by atoms with Crippen LogP contribution in [0.1, 0.15) is 6.92 Å². The first-order chi connectivity index (χ1) is 2.77. The Morgan fingerprint density at radius 3 is 2.00 bits per heavy atom. The zero-order chi connectivity index (χ0) is 4.99. The van der Waals surface area contributed by atoms with Gasteiger partial charge in [-0.15, -0.1) is 0 Å². The van der Waals surface area contributed by atoms with Crippen LogP contribution < -0.4 is 0 Å². The molecule has 40 valence electrons.